The molecule has 0 atom stereocenters. The molecule has 0 rings (SSSR count). The second-order valence-corrected chi connectivity index (χ2v) is 6.59. The first kappa shape index (κ1) is 16.7. The van der Waals surface area contributed by atoms with Crippen LogP contribution in [-0.4, -0.2) is 24.5 Å². The van der Waals surface area contributed by atoms with Gasteiger partial charge in [0.05, 0.1) is 0 Å². The van der Waals surface area contributed by atoms with Gasteiger partial charge in [-0.2, -0.15) is 0 Å². The Labute approximate surface area is 109 Å². The molecule has 0 spiro atoms. The Morgan fingerprint density at radius 1 is 1.06 bits per heavy atom. The molecule has 0 aromatic carbocycles. The van der Waals surface area contributed by atoms with E-state index in [-0.39, 0.29) is 5.41 Å². The first-order chi connectivity index (χ1) is 7.75. The monoisotopic (exact) mass is 239 g/mol. The van der Waals surface area contributed by atoms with Crippen LogP contribution in [0.25, 0.3) is 0 Å². The summed E-state index contributed by atoms with van der Waals surface area (Å²) in [5.74, 6) is 0. The summed E-state index contributed by atoms with van der Waals surface area (Å²) in [7, 11) is 2.21. The summed E-state index contributed by atoms with van der Waals surface area (Å²) in [5, 5.41) is 0. The maximum atomic E-state index is 4.19. The van der Waals surface area contributed by atoms with Gasteiger partial charge in [0, 0.05) is 6.04 Å². The maximum absolute atomic E-state index is 4.19. The fourth-order valence-electron chi connectivity index (χ4n) is 1.69. The van der Waals surface area contributed by atoms with Crippen molar-refractivity contribution >= 4 is 0 Å². The van der Waals surface area contributed by atoms with E-state index in [0.29, 0.717) is 6.04 Å². The van der Waals surface area contributed by atoms with E-state index in [1.807, 2.05) is 0 Å². The number of nitrogens with zero attached hydrogens (tertiary/aromatic N) is 1. The molecule has 0 amide bonds. The van der Waals surface area contributed by atoms with Gasteiger partial charge in [0.2, 0.25) is 0 Å². The van der Waals surface area contributed by atoms with Gasteiger partial charge in [-0.25, -0.2) is 0 Å². The lowest BCUT2D eigenvalue weighted by atomic mass is 9.84. The van der Waals surface area contributed by atoms with Crippen LogP contribution in [0.5, 0.6) is 0 Å². The molecule has 0 bridgehead atoms. The standard InChI is InChI=1S/C16H33N/c1-14(2)17(7)13-11-9-8-10-12-15(3)16(4,5)6/h14H,3,8-13H2,1-2,4-7H3. The Bertz CT molecular complexity index is 210. The van der Waals surface area contributed by atoms with E-state index in [2.05, 4.69) is 53.1 Å². The molecule has 0 aromatic rings. The third-order valence-corrected chi connectivity index (χ3v) is 3.68. The molecule has 0 saturated carbocycles. The summed E-state index contributed by atoms with van der Waals surface area (Å²) in [6, 6.07) is 0.677. The number of hydrogen-bond donors (Lipinski definition) is 0. The van der Waals surface area contributed by atoms with Crippen molar-refractivity contribution in [1.82, 2.24) is 4.90 Å². The van der Waals surface area contributed by atoms with Gasteiger partial charge in [0.15, 0.2) is 0 Å². The summed E-state index contributed by atoms with van der Waals surface area (Å²) in [5.41, 5.74) is 1.69. The Hall–Kier alpha value is -0.300. The van der Waals surface area contributed by atoms with E-state index in [1.54, 1.807) is 0 Å². The topological polar surface area (TPSA) is 3.24 Å². The van der Waals surface area contributed by atoms with Crippen molar-refractivity contribution in [2.24, 2.45) is 5.41 Å². The molecule has 0 N–H and O–H groups in total. The van der Waals surface area contributed by atoms with Crippen molar-refractivity contribution in [3.8, 4) is 0 Å². The van der Waals surface area contributed by atoms with Crippen molar-refractivity contribution in [2.45, 2.75) is 72.8 Å². The van der Waals surface area contributed by atoms with Crippen molar-refractivity contribution in [2.75, 3.05) is 13.6 Å². The van der Waals surface area contributed by atoms with Crippen LogP contribution in [0.15, 0.2) is 12.2 Å². The normalized spacial score (nSPS) is 12.5. The molecule has 0 aliphatic heterocycles. The van der Waals surface area contributed by atoms with Gasteiger partial charge in [-0.05, 0) is 52.1 Å². The number of hydrogen-bond acceptors (Lipinski definition) is 1. The average Bonchev–Trinajstić information content (AvgIpc) is 2.20. The molecule has 0 fully saturated rings. The minimum atomic E-state index is 0.290. The van der Waals surface area contributed by atoms with Crippen molar-refractivity contribution in [3.05, 3.63) is 12.2 Å². The third-order valence-electron chi connectivity index (χ3n) is 3.68. The smallest absolute Gasteiger partial charge is 0.00355 e. The van der Waals surface area contributed by atoms with Crippen LogP contribution >= 0.6 is 0 Å². The van der Waals surface area contributed by atoms with Crippen LogP contribution in [0, 0.1) is 5.41 Å². The molecule has 1 heteroatoms. The van der Waals surface area contributed by atoms with Crippen molar-refractivity contribution in [3.63, 3.8) is 0 Å². The van der Waals surface area contributed by atoms with E-state index >= 15 is 0 Å². The Kier molecular flexibility index (Phi) is 7.78. The summed E-state index contributed by atoms with van der Waals surface area (Å²) in [4.78, 5) is 2.42. The van der Waals surface area contributed by atoms with Gasteiger partial charge in [0.1, 0.15) is 0 Å². The lowest BCUT2D eigenvalue weighted by Gasteiger charge is -2.22. The molecule has 0 aliphatic carbocycles. The Balaban J connectivity index is 3.45. The highest BCUT2D eigenvalue weighted by Crippen LogP contribution is 2.27. The molecule has 0 aliphatic rings. The molecule has 0 saturated heterocycles. The van der Waals surface area contributed by atoms with Crippen LogP contribution in [0.4, 0.5) is 0 Å². The van der Waals surface area contributed by atoms with Gasteiger partial charge in [-0.1, -0.05) is 45.8 Å². The fraction of sp³-hybridized carbons (Fsp3) is 0.875. The third kappa shape index (κ3) is 8.43. The van der Waals surface area contributed by atoms with Crippen molar-refractivity contribution < 1.29 is 0 Å². The number of allylic oxidation sites excluding steroid dienone is 1. The van der Waals surface area contributed by atoms with Gasteiger partial charge in [-0.15, -0.1) is 0 Å². The minimum absolute atomic E-state index is 0.290. The molecule has 1 nitrogen and oxygen atoms in total. The SMILES string of the molecule is C=C(CCCCCCN(C)C(C)C)C(C)(C)C. The molecular formula is C16H33N. The van der Waals surface area contributed by atoms with Crippen LogP contribution < -0.4 is 0 Å². The summed E-state index contributed by atoms with van der Waals surface area (Å²) in [6.45, 7) is 16.7. The highest BCUT2D eigenvalue weighted by Gasteiger charge is 2.13. The van der Waals surface area contributed by atoms with Gasteiger partial charge in [0.25, 0.3) is 0 Å². The Morgan fingerprint density at radius 2 is 1.59 bits per heavy atom. The first-order valence-corrected chi connectivity index (χ1v) is 7.13. The molecule has 17 heavy (non-hydrogen) atoms. The molecule has 102 valence electrons. The van der Waals surface area contributed by atoms with Crippen LogP contribution in [0.2, 0.25) is 0 Å². The Morgan fingerprint density at radius 3 is 2.06 bits per heavy atom. The highest BCUT2D eigenvalue weighted by atomic mass is 15.1. The zero-order valence-electron chi connectivity index (χ0n) is 13.0. The highest BCUT2D eigenvalue weighted by molar-refractivity contribution is 5.04. The molecule has 0 radical (unpaired) electrons. The quantitative estimate of drug-likeness (QED) is 0.431. The zero-order chi connectivity index (χ0) is 13.5. The van der Waals surface area contributed by atoms with E-state index < -0.39 is 0 Å². The van der Waals surface area contributed by atoms with Crippen LogP contribution in [0.1, 0.15) is 66.7 Å². The summed E-state index contributed by atoms with van der Waals surface area (Å²) >= 11 is 0. The first-order valence-electron chi connectivity index (χ1n) is 7.13. The zero-order valence-corrected chi connectivity index (χ0v) is 13.0. The van der Waals surface area contributed by atoms with Gasteiger partial charge < -0.3 is 4.90 Å². The predicted molar refractivity (Wildman–Crippen MR) is 79.4 cm³/mol. The molecular weight excluding hydrogens is 206 g/mol. The van der Waals surface area contributed by atoms with Gasteiger partial charge >= 0.3 is 0 Å². The average molecular weight is 239 g/mol. The van der Waals surface area contributed by atoms with E-state index in [1.165, 1.54) is 44.2 Å². The van der Waals surface area contributed by atoms with E-state index in [4.69, 9.17) is 0 Å². The predicted octanol–water partition coefficient (Wildman–Crippen LogP) is 4.88. The second-order valence-electron chi connectivity index (χ2n) is 6.59. The summed E-state index contributed by atoms with van der Waals surface area (Å²) in [6.07, 6.45) is 6.54. The summed E-state index contributed by atoms with van der Waals surface area (Å²) < 4.78 is 0. The largest absolute Gasteiger partial charge is 0.304 e. The van der Waals surface area contributed by atoms with Crippen molar-refractivity contribution in [1.29, 1.82) is 0 Å². The second kappa shape index (κ2) is 7.92. The lowest BCUT2D eigenvalue weighted by molar-refractivity contribution is 0.267. The van der Waals surface area contributed by atoms with Crippen LogP contribution in [-0.2, 0) is 0 Å². The molecule has 0 unspecified atom stereocenters. The van der Waals surface area contributed by atoms with E-state index in [9.17, 15) is 0 Å². The maximum Gasteiger partial charge on any atom is 0.00355 e. The van der Waals surface area contributed by atoms with Gasteiger partial charge in [-0.3, -0.25) is 0 Å². The molecule has 0 aromatic heterocycles. The minimum Gasteiger partial charge on any atom is -0.304 e. The number of rotatable bonds is 8. The number of unbranched alkanes of at least 4 members (excludes halogenated alkanes) is 3. The molecule has 0 heterocycles. The van der Waals surface area contributed by atoms with Crippen LogP contribution in [0.3, 0.4) is 0 Å². The lowest BCUT2D eigenvalue weighted by Crippen LogP contribution is -2.27. The van der Waals surface area contributed by atoms with E-state index in [0.717, 1.165) is 0 Å². The fourth-order valence-corrected chi connectivity index (χ4v) is 1.69.